The summed E-state index contributed by atoms with van der Waals surface area (Å²) in [6, 6.07) is -2.16. The van der Waals surface area contributed by atoms with E-state index in [1.54, 1.807) is 0 Å². The van der Waals surface area contributed by atoms with Crippen molar-refractivity contribution in [1.82, 2.24) is 10.2 Å². The van der Waals surface area contributed by atoms with Crippen LogP contribution in [0.1, 0.15) is 26.2 Å². The van der Waals surface area contributed by atoms with Crippen LogP contribution in [0.25, 0.3) is 0 Å². The van der Waals surface area contributed by atoms with Gasteiger partial charge in [0.05, 0.1) is 13.0 Å². The molecule has 8 nitrogen and oxygen atoms in total. The fourth-order valence-corrected chi connectivity index (χ4v) is 1.40. The lowest BCUT2D eigenvalue weighted by Crippen LogP contribution is -2.49. The summed E-state index contributed by atoms with van der Waals surface area (Å²) in [5.74, 6) is -2.72. The third-order valence-corrected chi connectivity index (χ3v) is 2.41. The van der Waals surface area contributed by atoms with Crippen molar-refractivity contribution in [2.75, 3.05) is 19.7 Å². The SMILES string of the molecule is CCCCN(CCO)C(=O)N[C@H](CC(=O)O)C(=O)O. The number of aliphatic hydroxyl groups is 1. The Bertz CT molecular complexity index is 320. The number of aliphatic hydroxyl groups excluding tert-OH is 1. The van der Waals surface area contributed by atoms with E-state index in [1.807, 2.05) is 6.92 Å². The fraction of sp³-hybridized carbons (Fsp3) is 0.727. The Balaban J connectivity index is 4.55. The molecule has 0 aliphatic heterocycles. The van der Waals surface area contributed by atoms with Crippen molar-refractivity contribution in [3.63, 3.8) is 0 Å². The fourth-order valence-electron chi connectivity index (χ4n) is 1.40. The second-order valence-electron chi connectivity index (χ2n) is 4.00. The number of nitrogens with one attached hydrogen (secondary N) is 1. The van der Waals surface area contributed by atoms with Crippen LogP contribution in [0.2, 0.25) is 0 Å². The normalized spacial score (nSPS) is 11.7. The highest BCUT2D eigenvalue weighted by Gasteiger charge is 2.25. The van der Waals surface area contributed by atoms with Crippen molar-refractivity contribution in [3.05, 3.63) is 0 Å². The van der Waals surface area contributed by atoms with Crippen LogP contribution < -0.4 is 5.32 Å². The first-order chi connectivity index (χ1) is 8.92. The molecule has 110 valence electrons. The summed E-state index contributed by atoms with van der Waals surface area (Å²) in [6.07, 6.45) is 0.860. The summed E-state index contributed by atoms with van der Waals surface area (Å²) < 4.78 is 0. The van der Waals surface area contributed by atoms with Crippen LogP contribution in [0.4, 0.5) is 4.79 Å². The molecule has 0 aromatic heterocycles. The van der Waals surface area contributed by atoms with Crippen molar-refractivity contribution < 1.29 is 29.7 Å². The van der Waals surface area contributed by atoms with Gasteiger partial charge in [-0.25, -0.2) is 9.59 Å². The minimum atomic E-state index is -1.48. The van der Waals surface area contributed by atoms with Crippen LogP contribution in [-0.4, -0.2) is 63.9 Å². The molecule has 0 aromatic rings. The molecule has 0 spiro atoms. The highest BCUT2D eigenvalue weighted by atomic mass is 16.4. The third kappa shape index (κ3) is 7.24. The third-order valence-electron chi connectivity index (χ3n) is 2.41. The lowest BCUT2D eigenvalue weighted by molar-refractivity contribution is -0.145. The Kier molecular flexibility index (Phi) is 8.27. The number of nitrogens with zero attached hydrogens (tertiary/aromatic N) is 1. The van der Waals surface area contributed by atoms with Crippen LogP contribution in [0.15, 0.2) is 0 Å². The number of carboxylic acids is 2. The number of hydrogen-bond donors (Lipinski definition) is 4. The van der Waals surface area contributed by atoms with Gasteiger partial charge in [-0.05, 0) is 6.42 Å². The first-order valence-corrected chi connectivity index (χ1v) is 6.03. The highest BCUT2D eigenvalue weighted by molar-refractivity contribution is 5.86. The standard InChI is InChI=1S/C11H20N2O6/c1-2-3-4-13(5-6-14)11(19)12-8(10(17)18)7-9(15)16/h8,14H,2-7H2,1H3,(H,12,19)(H,15,16)(H,17,18)/t8-/m1/s1. The molecule has 0 radical (unpaired) electrons. The van der Waals surface area contributed by atoms with E-state index in [1.165, 1.54) is 4.90 Å². The molecule has 0 fully saturated rings. The first-order valence-electron chi connectivity index (χ1n) is 6.03. The van der Waals surface area contributed by atoms with E-state index in [-0.39, 0.29) is 13.2 Å². The van der Waals surface area contributed by atoms with E-state index < -0.39 is 30.4 Å². The molecule has 0 saturated heterocycles. The maximum absolute atomic E-state index is 11.8. The second-order valence-corrected chi connectivity index (χ2v) is 4.00. The number of carbonyl (C=O) groups excluding carboxylic acids is 1. The zero-order valence-electron chi connectivity index (χ0n) is 10.8. The molecular weight excluding hydrogens is 256 g/mol. The predicted octanol–water partition coefficient (Wildman–Crippen LogP) is -0.282. The molecule has 0 bridgehead atoms. The van der Waals surface area contributed by atoms with E-state index in [2.05, 4.69) is 5.32 Å². The minimum absolute atomic E-state index is 0.0746. The van der Waals surface area contributed by atoms with Gasteiger partial charge < -0.3 is 25.5 Å². The lowest BCUT2D eigenvalue weighted by atomic mass is 10.2. The molecule has 0 rings (SSSR count). The summed E-state index contributed by atoms with van der Waals surface area (Å²) in [5.41, 5.74) is 0. The summed E-state index contributed by atoms with van der Waals surface area (Å²) in [7, 11) is 0. The van der Waals surface area contributed by atoms with Crippen molar-refractivity contribution in [1.29, 1.82) is 0 Å². The zero-order valence-corrected chi connectivity index (χ0v) is 10.8. The van der Waals surface area contributed by atoms with Gasteiger partial charge >= 0.3 is 18.0 Å². The number of carbonyl (C=O) groups is 3. The molecule has 2 amide bonds. The molecule has 4 N–H and O–H groups in total. The lowest BCUT2D eigenvalue weighted by Gasteiger charge is -2.23. The van der Waals surface area contributed by atoms with Gasteiger partial charge in [-0.3, -0.25) is 4.79 Å². The molecule has 19 heavy (non-hydrogen) atoms. The topological polar surface area (TPSA) is 127 Å². The maximum Gasteiger partial charge on any atom is 0.326 e. The van der Waals surface area contributed by atoms with Crippen molar-refractivity contribution >= 4 is 18.0 Å². The van der Waals surface area contributed by atoms with E-state index in [9.17, 15) is 14.4 Å². The first kappa shape index (κ1) is 17.2. The highest BCUT2D eigenvalue weighted by Crippen LogP contribution is 1.99. The van der Waals surface area contributed by atoms with E-state index >= 15 is 0 Å². The molecular formula is C11H20N2O6. The van der Waals surface area contributed by atoms with Crippen LogP contribution in [0, 0.1) is 0 Å². The Hall–Kier alpha value is -1.83. The Morgan fingerprint density at radius 3 is 2.26 bits per heavy atom. The summed E-state index contributed by atoms with van der Waals surface area (Å²) in [6.45, 7) is 2.14. The predicted molar refractivity (Wildman–Crippen MR) is 65.8 cm³/mol. The van der Waals surface area contributed by atoms with Crippen LogP contribution in [0.3, 0.4) is 0 Å². The molecule has 0 aromatic carbocycles. The molecule has 0 unspecified atom stereocenters. The van der Waals surface area contributed by atoms with Gasteiger partial charge in [0.25, 0.3) is 0 Å². The van der Waals surface area contributed by atoms with Gasteiger partial charge in [-0.2, -0.15) is 0 Å². The van der Waals surface area contributed by atoms with Gasteiger partial charge in [0.15, 0.2) is 0 Å². The van der Waals surface area contributed by atoms with Crippen LogP contribution in [0.5, 0.6) is 0 Å². The van der Waals surface area contributed by atoms with E-state index in [0.717, 1.165) is 6.42 Å². The molecule has 0 heterocycles. The van der Waals surface area contributed by atoms with Crippen molar-refractivity contribution in [2.24, 2.45) is 0 Å². The van der Waals surface area contributed by atoms with Gasteiger partial charge in [-0.15, -0.1) is 0 Å². The number of carboxylic acid groups (broad SMARTS) is 2. The van der Waals surface area contributed by atoms with Gasteiger partial charge in [0, 0.05) is 13.1 Å². The van der Waals surface area contributed by atoms with Gasteiger partial charge in [0.2, 0.25) is 0 Å². The van der Waals surface area contributed by atoms with E-state index in [4.69, 9.17) is 15.3 Å². The van der Waals surface area contributed by atoms with E-state index in [0.29, 0.717) is 13.0 Å². The average Bonchev–Trinajstić information content (AvgIpc) is 2.32. The summed E-state index contributed by atoms with van der Waals surface area (Å²) >= 11 is 0. The quantitative estimate of drug-likeness (QED) is 0.458. The monoisotopic (exact) mass is 276 g/mol. The smallest absolute Gasteiger partial charge is 0.326 e. The molecule has 0 aliphatic carbocycles. The van der Waals surface area contributed by atoms with Crippen molar-refractivity contribution in [2.45, 2.75) is 32.2 Å². The Labute approximate surface area is 111 Å². The number of hydrogen-bond acceptors (Lipinski definition) is 4. The van der Waals surface area contributed by atoms with Gasteiger partial charge in [-0.1, -0.05) is 13.3 Å². The molecule has 8 heteroatoms. The van der Waals surface area contributed by atoms with Crippen molar-refractivity contribution in [3.8, 4) is 0 Å². The summed E-state index contributed by atoms with van der Waals surface area (Å²) in [4.78, 5) is 34.4. The molecule has 1 atom stereocenters. The number of aliphatic carboxylic acids is 2. The number of unbranched alkanes of at least 4 members (excludes halogenated alkanes) is 1. The molecule has 0 saturated carbocycles. The van der Waals surface area contributed by atoms with Crippen LogP contribution in [-0.2, 0) is 9.59 Å². The van der Waals surface area contributed by atoms with Crippen LogP contribution >= 0.6 is 0 Å². The summed E-state index contributed by atoms with van der Waals surface area (Å²) in [5, 5.41) is 28.4. The second kappa shape index (κ2) is 9.15. The number of amides is 2. The number of rotatable bonds is 9. The number of urea groups is 1. The molecule has 0 aliphatic rings. The zero-order chi connectivity index (χ0) is 14.8. The largest absolute Gasteiger partial charge is 0.481 e. The Morgan fingerprint density at radius 2 is 1.84 bits per heavy atom. The minimum Gasteiger partial charge on any atom is -0.481 e. The maximum atomic E-state index is 11.8. The van der Waals surface area contributed by atoms with Gasteiger partial charge in [0.1, 0.15) is 6.04 Å². The average molecular weight is 276 g/mol. The Morgan fingerprint density at radius 1 is 1.21 bits per heavy atom.